The minimum Gasteiger partial charge on any atom is -0.345 e. The van der Waals surface area contributed by atoms with Gasteiger partial charge in [0.15, 0.2) is 0 Å². The quantitative estimate of drug-likeness (QED) is 0.775. The maximum absolute atomic E-state index is 11.3. The monoisotopic (exact) mass is 343 g/mol. The molecule has 0 aliphatic rings. The van der Waals surface area contributed by atoms with Crippen LogP contribution in [0.15, 0.2) is 41.1 Å². The van der Waals surface area contributed by atoms with Gasteiger partial charge in [-0.05, 0) is 18.2 Å². The van der Waals surface area contributed by atoms with Crippen LogP contribution in [0.25, 0.3) is 23.0 Å². The fourth-order valence-corrected chi connectivity index (χ4v) is 2.77. The van der Waals surface area contributed by atoms with Crippen molar-refractivity contribution in [3.05, 3.63) is 42.1 Å². The molecule has 0 saturated carbocycles. The lowest BCUT2D eigenvalue weighted by Crippen LogP contribution is -2.09. The van der Waals surface area contributed by atoms with Gasteiger partial charge in [0.25, 0.3) is 5.89 Å². The fraction of sp³-hybridized carbons (Fsp3) is 0.133. The van der Waals surface area contributed by atoms with Crippen molar-refractivity contribution < 1.29 is 12.9 Å². The number of aromatic nitrogens is 3. The molecule has 9 heteroatoms. The van der Waals surface area contributed by atoms with Crippen LogP contribution < -0.4 is 4.72 Å². The molecule has 0 saturated heterocycles. The van der Waals surface area contributed by atoms with Crippen LogP contribution in [-0.4, -0.2) is 29.4 Å². The number of nitrogens with zero attached hydrogens (tertiary/aromatic N) is 4. The van der Waals surface area contributed by atoms with Crippen molar-refractivity contribution in [2.24, 2.45) is 7.05 Å². The average Bonchev–Trinajstić information content (AvgIpc) is 3.12. The molecule has 0 spiro atoms. The van der Waals surface area contributed by atoms with E-state index in [9.17, 15) is 8.42 Å². The molecule has 1 N–H and O–H groups in total. The Balaban J connectivity index is 1.95. The van der Waals surface area contributed by atoms with Crippen molar-refractivity contribution in [2.45, 2.75) is 0 Å². The van der Waals surface area contributed by atoms with E-state index in [-0.39, 0.29) is 5.89 Å². The van der Waals surface area contributed by atoms with Crippen LogP contribution in [-0.2, 0) is 17.1 Å². The highest BCUT2D eigenvalue weighted by atomic mass is 32.2. The lowest BCUT2D eigenvalue weighted by atomic mass is 10.2. The summed E-state index contributed by atoms with van der Waals surface area (Å²) in [6.45, 7) is 0. The minimum atomic E-state index is -3.37. The third kappa shape index (κ3) is 3.28. The summed E-state index contributed by atoms with van der Waals surface area (Å²) in [6.07, 6.45) is 2.74. The van der Waals surface area contributed by atoms with Crippen molar-refractivity contribution in [2.75, 3.05) is 11.0 Å². The number of benzene rings is 1. The molecule has 0 atom stereocenters. The first kappa shape index (κ1) is 15.8. The third-order valence-electron chi connectivity index (χ3n) is 3.20. The predicted molar refractivity (Wildman–Crippen MR) is 87.3 cm³/mol. The highest BCUT2D eigenvalue weighted by Crippen LogP contribution is 2.25. The molecule has 1 aromatic carbocycles. The van der Waals surface area contributed by atoms with Crippen LogP contribution in [0.3, 0.4) is 0 Å². The van der Waals surface area contributed by atoms with E-state index in [0.717, 1.165) is 6.26 Å². The predicted octanol–water partition coefficient (Wildman–Crippen LogP) is 1.99. The van der Waals surface area contributed by atoms with E-state index in [0.29, 0.717) is 28.3 Å². The molecule has 0 aliphatic heterocycles. The van der Waals surface area contributed by atoms with E-state index in [1.165, 1.54) is 0 Å². The molecule has 2 aromatic heterocycles. The Labute approximate surface area is 138 Å². The van der Waals surface area contributed by atoms with E-state index in [1.54, 1.807) is 48.1 Å². The Morgan fingerprint density at radius 2 is 2.12 bits per heavy atom. The lowest BCUT2D eigenvalue weighted by Gasteiger charge is -2.04. The number of nitrogens with one attached hydrogen (secondary N) is 1. The van der Waals surface area contributed by atoms with Crippen LogP contribution >= 0.6 is 0 Å². The Hall–Kier alpha value is -3.12. The zero-order chi connectivity index (χ0) is 17.3. The largest absolute Gasteiger partial charge is 0.345 e. The maximum Gasteiger partial charge on any atom is 0.274 e. The summed E-state index contributed by atoms with van der Waals surface area (Å²) in [6, 6.07) is 10.4. The van der Waals surface area contributed by atoms with Gasteiger partial charge < -0.3 is 9.09 Å². The first-order valence-corrected chi connectivity index (χ1v) is 8.73. The summed E-state index contributed by atoms with van der Waals surface area (Å²) in [7, 11) is -1.59. The first-order valence-electron chi connectivity index (χ1n) is 6.84. The molecule has 122 valence electrons. The van der Waals surface area contributed by atoms with Crippen LogP contribution in [0, 0.1) is 11.3 Å². The van der Waals surface area contributed by atoms with Crippen molar-refractivity contribution in [3.8, 4) is 29.0 Å². The van der Waals surface area contributed by atoms with E-state index in [2.05, 4.69) is 14.9 Å². The molecule has 8 nitrogen and oxygen atoms in total. The topological polar surface area (TPSA) is 114 Å². The van der Waals surface area contributed by atoms with Crippen LogP contribution in [0.4, 0.5) is 5.69 Å². The number of aryl methyl sites for hydroxylation is 1. The second-order valence-electron chi connectivity index (χ2n) is 5.21. The highest BCUT2D eigenvalue weighted by molar-refractivity contribution is 7.92. The van der Waals surface area contributed by atoms with Gasteiger partial charge in [-0.1, -0.05) is 17.3 Å². The second kappa shape index (κ2) is 5.82. The van der Waals surface area contributed by atoms with Gasteiger partial charge >= 0.3 is 0 Å². The standard InChI is InChI=1S/C15H13N5O3S/c1-20-9-10(8-16)6-13(20)15-17-14(18-23-15)11-4-3-5-12(7-11)19-24(2,21)22/h3-7,9,19H,1-2H3. The summed E-state index contributed by atoms with van der Waals surface area (Å²) in [5.74, 6) is 0.595. The first-order chi connectivity index (χ1) is 11.4. The van der Waals surface area contributed by atoms with Crippen LogP contribution in [0.5, 0.6) is 0 Å². The normalized spacial score (nSPS) is 11.2. The molecule has 0 amide bonds. The molecule has 2 heterocycles. The summed E-state index contributed by atoms with van der Waals surface area (Å²) >= 11 is 0. The number of hydrogen-bond donors (Lipinski definition) is 1. The number of anilines is 1. The second-order valence-corrected chi connectivity index (χ2v) is 6.96. The molecule has 0 fully saturated rings. The fourth-order valence-electron chi connectivity index (χ4n) is 2.22. The summed E-state index contributed by atoms with van der Waals surface area (Å²) in [5, 5.41) is 12.9. The van der Waals surface area contributed by atoms with E-state index in [4.69, 9.17) is 9.78 Å². The van der Waals surface area contributed by atoms with Gasteiger partial charge in [-0.25, -0.2) is 8.42 Å². The van der Waals surface area contributed by atoms with Gasteiger partial charge in [0.1, 0.15) is 11.8 Å². The Morgan fingerprint density at radius 3 is 2.79 bits per heavy atom. The molecule has 0 bridgehead atoms. The van der Waals surface area contributed by atoms with Crippen LogP contribution in [0.1, 0.15) is 5.56 Å². The van der Waals surface area contributed by atoms with Gasteiger partial charge in [0, 0.05) is 24.5 Å². The average molecular weight is 343 g/mol. The Kier molecular flexibility index (Phi) is 3.83. The molecule has 24 heavy (non-hydrogen) atoms. The molecule has 3 rings (SSSR count). The van der Waals surface area contributed by atoms with Gasteiger partial charge in [0.2, 0.25) is 15.8 Å². The van der Waals surface area contributed by atoms with E-state index >= 15 is 0 Å². The van der Waals surface area contributed by atoms with Gasteiger partial charge in [0.05, 0.1) is 11.8 Å². The number of rotatable bonds is 4. The molecule has 0 unspecified atom stereocenters. The minimum absolute atomic E-state index is 0.274. The van der Waals surface area contributed by atoms with E-state index in [1.807, 2.05) is 6.07 Å². The Bertz CT molecular complexity index is 1040. The van der Waals surface area contributed by atoms with Crippen molar-refractivity contribution in [1.29, 1.82) is 5.26 Å². The summed E-state index contributed by atoms with van der Waals surface area (Å²) in [5.41, 5.74) is 2.13. The SMILES string of the molecule is Cn1cc(C#N)cc1-c1nc(-c2cccc(NS(C)(=O)=O)c2)no1. The maximum atomic E-state index is 11.3. The zero-order valence-electron chi connectivity index (χ0n) is 12.9. The van der Waals surface area contributed by atoms with Crippen molar-refractivity contribution in [3.63, 3.8) is 0 Å². The molecular weight excluding hydrogens is 330 g/mol. The van der Waals surface area contributed by atoms with Gasteiger partial charge in [-0.2, -0.15) is 10.2 Å². The zero-order valence-corrected chi connectivity index (χ0v) is 13.7. The number of nitriles is 1. The van der Waals surface area contributed by atoms with Gasteiger partial charge in [-0.3, -0.25) is 4.72 Å². The highest BCUT2D eigenvalue weighted by Gasteiger charge is 2.15. The lowest BCUT2D eigenvalue weighted by molar-refractivity contribution is 0.429. The van der Waals surface area contributed by atoms with Crippen LogP contribution in [0.2, 0.25) is 0 Å². The van der Waals surface area contributed by atoms with Gasteiger partial charge in [-0.15, -0.1) is 0 Å². The summed E-state index contributed by atoms with van der Waals surface area (Å²) < 4.78 is 32.0. The molecule has 0 aliphatic carbocycles. The number of hydrogen-bond acceptors (Lipinski definition) is 6. The van der Waals surface area contributed by atoms with E-state index < -0.39 is 10.0 Å². The van der Waals surface area contributed by atoms with Crippen molar-refractivity contribution in [1.82, 2.24) is 14.7 Å². The summed E-state index contributed by atoms with van der Waals surface area (Å²) in [4.78, 5) is 4.31. The smallest absolute Gasteiger partial charge is 0.274 e. The third-order valence-corrected chi connectivity index (χ3v) is 3.81. The molecule has 3 aromatic rings. The molecule has 0 radical (unpaired) electrons. The van der Waals surface area contributed by atoms with Crippen molar-refractivity contribution >= 4 is 15.7 Å². The Morgan fingerprint density at radius 1 is 1.33 bits per heavy atom. The number of sulfonamides is 1. The molecular formula is C15H13N5O3S.